The predicted molar refractivity (Wildman–Crippen MR) is 47.1 cm³/mol. The zero-order chi connectivity index (χ0) is 8.65. The standard InChI is InChI=1S/C10H13O2/c11-8-4-5-9-12-10-6-2-1-3-7-10/h1-2,6-7,11H,4-5,8-9H2. The third-order valence-corrected chi connectivity index (χ3v) is 1.50. The molecule has 65 valence electrons. The average molecular weight is 165 g/mol. The lowest BCUT2D eigenvalue weighted by molar-refractivity contribution is 0.253. The Labute approximate surface area is 72.8 Å². The number of aliphatic hydroxyl groups excluding tert-OH is 1. The number of hydrogen-bond acceptors (Lipinski definition) is 2. The molecule has 1 radical (unpaired) electrons. The van der Waals surface area contributed by atoms with E-state index in [1.165, 1.54) is 0 Å². The van der Waals surface area contributed by atoms with Crippen molar-refractivity contribution in [1.29, 1.82) is 0 Å². The molecule has 2 heteroatoms. The Kier molecular flexibility index (Phi) is 4.24. The van der Waals surface area contributed by atoms with Crippen LogP contribution < -0.4 is 4.74 Å². The Bertz CT molecular complexity index is 196. The Morgan fingerprint density at radius 1 is 1.42 bits per heavy atom. The number of hydrogen-bond donors (Lipinski definition) is 1. The highest BCUT2D eigenvalue weighted by molar-refractivity contribution is 5.19. The van der Waals surface area contributed by atoms with E-state index in [-0.39, 0.29) is 6.61 Å². The number of rotatable bonds is 5. The van der Waals surface area contributed by atoms with Crippen LogP contribution in [0.3, 0.4) is 0 Å². The lowest BCUT2D eigenvalue weighted by atomic mass is 10.3. The SMILES string of the molecule is OCCCCOc1c[c]ccc1. The summed E-state index contributed by atoms with van der Waals surface area (Å²) in [7, 11) is 0. The van der Waals surface area contributed by atoms with Crippen LogP contribution in [0.25, 0.3) is 0 Å². The summed E-state index contributed by atoms with van der Waals surface area (Å²) in [6, 6.07) is 10.4. The largest absolute Gasteiger partial charge is 0.494 e. The third-order valence-electron chi connectivity index (χ3n) is 1.50. The van der Waals surface area contributed by atoms with Gasteiger partial charge >= 0.3 is 0 Å². The molecule has 0 amide bonds. The van der Waals surface area contributed by atoms with Gasteiger partial charge in [0.1, 0.15) is 5.75 Å². The van der Waals surface area contributed by atoms with E-state index in [1.54, 1.807) is 6.07 Å². The van der Waals surface area contributed by atoms with Gasteiger partial charge in [-0.05, 0) is 31.0 Å². The third kappa shape index (κ3) is 3.39. The maximum absolute atomic E-state index is 8.50. The van der Waals surface area contributed by atoms with E-state index in [9.17, 15) is 0 Å². The first-order chi connectivity index (χ1) is 5.93. The van der Waals surface area contributed by atoms with Gasteiger partial charge in [0, 0.05) is 6.61 Å². The minimum atomic E-state index is 0.240. The summed E-state index contributed by atoms with van der Waals surface area (Å²) in [4.78, 5) is 0. The quantitative estimate of drug-likeness (QED) is 0.672. The molecule has 0 aliphatic carbocycles. The number of aliphatic hydroxyl groups is 1. The van der Waals surface area contributed by atoms with Crippen LogP contribution in [0.2, 0.25) is 0 Å². The molecule has 1 N–H and O–H groups in total. The van der Waals surface area contributed by atoms with Crippen molar-refractivity contribution in [3.05, 3.63) is 30.3 Å². The summed E-state index contributed by atoms with van der Waals surface area (Å²) in [5.74, 6) is 0.843. The van der Waals surface area contributed by atoms with E-state index >= 15 is 0 Å². The Morgan fingerprint density at radius 2 is 2.33 bits per heavy atom. The molecule has 0 fully saturated rings. The number of benzene rings is 1. The van der Waals surface area contributed by atoms with Crippen molar-refractivity contribution in [3.8, 4) is 5.75 Å². The van der Waals surface area contributed by atoms with Gasteiger partial charge in [0.15, 0.2) is 0 Å². The van der Waals surface area contributed by atoms with Crippen molar-refractivity contribution in [2.24, 2.45) is 0 Å². The van der Waals surface area contributed by atoms with Crippen LogP contribution in [0.4, 0.5) is 0 Å². The smallest absolute Gasteiger partial charge is 0.119 e. The van der Waals surface area contributed by atoms with E-state index in [4.69, 9.17) is 9.84 Å². The molecule has 1 rings (SSSR count). The van der Waals surface area contributed by atoms with Gasteiger partial charge in [-0.1, -0.05) is 12.1 Å². The molecule has 0 aliphatic heterocycles. The summed E-state index contributed by atoms with van der Waals surface area (Å²) in [6.07, 6.45) is 1.70. The Hall–Kier alpha value is -1.02. The zero-order valence-corrected chi connectivity index (χ0v) is 6.99. The number of ether oxygens (including phenoxy) is 1. The van der Waals surface area contributed by atoms with Gasteiger partial charge in [0.25, 0.3) is 0 Å². The molecule has 0 unspecified atom stereocenters. The van der Waals surface area contributed by atoms with Gasteiger partial charge in [-0.3, -0.25) is 0 Å². The van der Waals surface area contributed by atoms with Crippen molar-refractivity contribution in [2.75, 3.05) is 13.2 Å². The molecule has 0 bridgehead atoms. The highest BCUT2D eigenvalue weighted by Crippen LogP contribution is 2.07. The maximum Gasteiger partial charge on any atom is 0.119 e. The molecule has 0 atom stereocenters. The van der Waals surface area contributed by atoms with E-state index < -0.39 is 0 Å². The second-order valence-corrected chi connectivity index (χ2v) is 2.52. The summed E-state index contributed by atoms with van der Waals surface area (Å²) in [5.41, 5.74) is 0. The first-order valence-electron chi connectivity index (χ1n) is 4.13. The highest BCUT2D eigenvalue weighted by atomic mass is 16.5. The first-order valence-corrected chi connectivity index (χ1v) is 4.13. The van der Waals surface area contributed by atoms with E-state index in [0.29, 0.717) is 6.61 Å². The van der Waals surface area contributed by atoms with Crippen molar-refractivity contribution in [3.63, 3.8) is 0 Å². The molecule has 1 aromatic rings. The lowest BCUT2D eigenvalue weighted by Crippen LogP contribution is -1.98. The monoisotopic (exact) mass is 165 g/mol. The molecule has 12 heavy (non-hydrogen) atoms. The Morgan fingerprint density at radius 3 is 3.00 bits per heavy atom. The van der Waals surface area contributed by atoms with Crippen molar-refractivity contribution in [2.45, 2.75) is 12.8 Å². The molecule has 0 aromatic heterocycles. The Balaban J connectivity index is 2.16. The summed E-state index contributed by atoms with van der Waals surface area (Å²) in [6.45, 7) is 0.905. The van der Waals surface area contributed by atoms with Crippen LogP contribution in [-0.4, -0.2) is 18.3 Å². The zero-order valence-electron chi connectivity index (χ0n) is 6.99. The molecule has 0 saturated heterocycles. The van der Waals surface area contributed by atoms with Crippen molar-refractivity contribution >= 4 is 0 Å². The van der Waals surface area contributed by atoms with Crippen LogP contribution in [0.5, 0.6) is 5.75 Å². The average Bonchev–Trinajstić information content (AvgIpc) is 2.14. The van der Waals surface area contributed by atoms with Gasteiger partial charge < -0.3 is 9.84 Å². The second kappa shape index (κ2) is 5.61. The predicted octanol–water partition coefficient (Wildman–Crippen LogP) is 1.64. The van der Waals surface area contributed by atoms with Crippen LogP contribution >= 0.6 is 0 Å². The van der Waals surface area contributed by atoms with Crippen molar-refractivity contribution in [1.82, 2.24) is 0 Å². The van der Waals surface area contributed by atoms with E-state index in [1.807, 2.05) is 18.2 Å². The molecular formula is C10H13O2. The van der Waals surface area contributed by atoms with Gasteiger partial charge in [-0.2, -0.15) is 0 Å². The fourth-order valence-electron chi connectivity index (χ4n) is 0.871. The van der Waals surface area contributed by atoms with E-state index in [0.717, 1.165) is 18.6 Å². The van der Waals surface area contributed by atoms with Crippen LogP contribution in [-0.2, 0) is 0 Å². The molecule has 0 aliphatic rings. The maximum atomic E-state index is 8.50. The van der Waals surface area contributed by atoms with E-state index in [2.05, 4.69) is 6.07 Å². The van der Waals surface area contributed by atoms with Crippen LogP contribution in [0.1, 0.15) is 12.8 Å². The first kappa shape index (κ1) is 9.07. The molecular weight excluding hydrogens is 152 g/mol. The second-order valence-electron chi connectivity index (χ2n) is 2.52. The molecule has 0 saturated carbocycles. The topological polar surface area (TPSA) is 29.5 Å². The van der Waals surface area contributed by atoms with Gasteiger partial charge in [-0.15, -0.1) is 0 Å². The minimum absolute atomic E-state index is 0.240. The van der Waals surface area contributed by atoms with Gasteiger partial charge in [0.05, 0.1) is 6.61 Å². The highest BCUT2D eigenvalue weighted by Gasteiger charge is 1.90. The number of unbranched alkanes of at least 4 members (excludes halogenated alkanes) is 1. The molecule has 2 nitrogen and oxygen atoms in total. The lowest BCUT2D eigenvalue weighted by Gasteiger charge is -2.03. The molecule has 0 spiro atoms. The van der Waals surface area contributed by atoms with Crippen LogP contribution in [0.15, 0.2) is 24.3 Å². The summed E-state index contributed by atoms with van der Waals surface area (Å²) in [5, 5.41) is 8.50. The molecule has 1 aromatic carbocycles. The normalized spacial score (nSPS) is 9.75. The summed E-state index contributed by atoms with van der Waals surface area (Å²) < 4.78 is 5.37. The van der Waals surface area contributed by atoms with Crippen molar-refractivity contribution < 1.29 is 9.84 Å². The van der Waals surface area contributed by atoms with Gasteiger partial charge in [0.2, 0.25) is 0 Å². The fourth-order valence-corrected chi connectivity index (χ4v) is 0.871. The van der Waals surface area contributed by atoms with Crippen LogP contribution in [0, 0.1) is 6.07 Å². The van der Waals surface area contributed by atoms with Gasteiger partial charge in [-0.25, -0.2) is 0 Å². The molecule has 0 heterocycles. The fraction of sp³-hybridized carbons (Fsp3) is 0.400. The summed E-state index contributed by atoms with van der Waals surface area (Å²) >= 11 is 0. The minimum Gasteiger partial charge on any atom is -0.494 e.